The minimum Gasteiger partial charge on any atom is -0.387 e. The fourth-order valence-corrected chi connectivity index (χ4v) is 4.21. The van der Waals surface area contributed by atoms with E-state index in [9.17, 15) is 0 Å². The van der Waals surface area contributed by atoms with Gasteiger partial charge in [-0.2, -0.15) is 0 Å². The molecule has 0 bridgehead atoms. The van der Waals surface area contributed by atoms with Crippen LogP contribution >= 0.6 is 0 Å². The van der Waals surface area contributed by atoms with E-state index in [0.29, 0.717) is 18.5 Å². The Morgan fingerprint density at radius 3 is 3.04 bits per heavy atom. The Balaban J connectivity index is 1.42. The van der Waals surface area contributed by atoms with Crippen molar-refractivity contribution in [3.8, 4) is 11.3 Å². The summed E-state index contributed by atoms with van der Waals surface area (Å²) in [4.78, 5) is 15.6. The predicted octanol–water partition coefficient (Wildman–Crippen LogP) is 1.58. The molecule has 2 aliphatic rings. The van der Waals surface area contributed by atoms with Crippen molar-refractivity contribution in [3.63, 3.8) is 0 Å². The highest BCUT2D eigenvalue weighted by Gasteiger charge is 2.31. The number of hydrogen-bond donors (Lipinski definition) is 3. The van der Waals surface area contributed by atoms with E-state index in [4.69, 9.17) is 16.5 Å². The number of nitrogens with one attached hydrogen (secondary N) is 1. The normalized spacial score (nSPS) is 23.4. The Morgan fingerprint density at radius 2 is 2.21 bits per heavy atom. The van der Waals surface area contributed by atoms with Crippen molar-refractivity contribution in [1.82, 2.24) is 20.2 Å². The number of nitrogens with zero attached hydrogens (tertiary/aromatic N) is 4. The molecule has 5 N–H and O–H groups in total. The van der Waals surface area contributed by atoms with Crippen LogP contribution in [0, 0.1) is 12.8 Å². The average molecular weight is 380 g/mol. The van der Waals surface area contributed by atoms with E-state index in [-0.39, 0.29) is 5.95 Å². The molecule has 3 heterocycles. The minimum absolute atomic E-state index is 0.288. The number of piperazine rings is 1. The Morgan fingerprint density at radius 1 is 1.32 bits per heavy atom. The molecule has 1 aromatic carbocycles. The van der Waals surface area contributed by atoms with Gasteiger partial charge in [-0.3, -0.25) is 9.89 Å². The first-order valence-corrected chi connectivity index (χ1v) is 10.0. The number of hydrogen-bond acceptors (Lipinski definition) is 6. The third kappa shape index (κ3) is 4.15. The molecule has 2 aliphatic heterocycles. The van der Waals surface area contributed by atoms with E-state index >= 15 is 0 Å². The van der Waals surface area contributed by atoms with Crippen LogP contribution < -0.4 is 16.8 Å². The van der Waals surface area contributed by atoms with Gasteiger partial charge in [-0.1, -0.05) is 12.1 Å². The molecule has 28 heavy (non-hydrogen) atoms. The molecule has 0 spiro atoms. The van der Waals surface area contributed by atoms with E-state index < -0.39 is 0 Å². The lowest BCUT2D eigenvalue weighted by molar-refractivity contribution is 0.104. The number of piperidine rings is 1. The maximum absolute atomic E-state index is 6.38. The van der Waals surface area contributed by atoms with Gasteiger partial charge in [0.1, 0.15) is 0 Å². The Labute approximate surface area is 166 Å². The monoisotopic (exact) mass is 379 g/mol. The third-order valence-corrected chi connectivity index (χ3v) is 5.94. The number of amidine groups is 1. The predicted molar refractivity (Wildman–Crippen MR) is 113 cm³/mol. The molecule has 2 aromatic rings. The van der Waals surface area contributed by atoms with Crippen molar-refractivity contribution in [3.05, 3.63) is 41.6 Å². The number of aliphatic imine (C=N–C) groups is 1. The Kier molecular flexibility index (Phi) is 5.54. The van der Waals surface area contributed by atoms with Gasteiger partial charge >= 0.3 is 0 Å². The highest BCUT2D eigenvalue weighted by molar-refractivity contribution is 5.83. The van der Waals surface area contributed by atoms with Crippen LogP contribution in [0.15, 0.2) is 35.5 Å². The highest BCUT2D eigenvalue weighted by atomic mass is 15.2. The standard InChI is InChI=1S/C21H29N7/c1-14-10-15(19-6-7-25-21(23)27-19)2-3-16(14)11-26-20(22)17-4-5-18-12-24-8-9-28(18)13-17/h2-3,6-7,10,17-18,24H,4-5,8-9,11-13H2,1H3,(H2,22,26)(H2,23,25,27)/t17-,18-/m1/s1. The molecule has 7 nitrogen and oxygen atoms in total. The second kappa shape index (κ2) is 8.24. The fourth-order valence-electron chi connectivity index (χ4n) is 4.21. The van der Waals surface area contributed by atoms with Crippen LogP contribution in [0.1, 0.15) is 24.0 Å². The first-order chi connectivity index (χ1) is 13.6. The van der Waals surface area contributed by atoms with Crippen LogP contribution in [0.4, 0.5) is 5.95 Å². The Bertz CT molecular complexity index is 864. The van der Waals surface area contributed by atoms with Crippen LogP contribution in [0.25, 0.3) is 11.3 Å². The quantitative estimate of drug-likeness (QED) is 0.550. The van der Waals surface area contributed by atoms with Crippen LogP contribution in [-0.2, 0) is 6.54 Å². The van der Waals surface area contributed by atoms with Gasteiger partial charge in [0.25, 0.3) is 0 Å². The van der Waals surface area contributed by atoms with Gasteiger partial charge in [0.2, 0.25) is 5.95 Å². The number of nitrogen functional groups attached to an aromatic ring is 1. The summed E-state index contributed by atoms with van der Waals surface area (Å²) in [6, 6.07) is 8.82. The maximum Gasteiger partial charge on any atom is 0.220 e. The summed E-state index contributed by atoms with van der Waals surface area (Å²) < 4.78 is 0. The Hall–Kier alpha value is -2.51. The molecule has 0 amide bonds. The summed E-state index contributed by atoms with van der Waals surface area (Å²) in [5, 5.41) is 3.48. The van der Waals surface area contributed by atoms with Crippen molar-refractivity contribution in [2.45, 2.75) is 32.4 Å². The SMILES string of the molecule is Cc1cc(-c2ccnc(N)n2)ccc1CN=C(N)[C@@H]1CC[C@@H]2CNCCN2C1. The molecule has 0 aliphatic carbocycles. The number of aromatic nitrogens is 2. The zero-order chi connectivity index (χ0) is 19.5. The van der Waals surface area contributed by atoms with Crippen molar-refractivity contribution >= 4 is 11.8 Å². The summed E-state index contributed by atoms with van der Waals surface area (Å²) in [5.74, 6) is 1.46. The summed E-state index contributed by atoms with van der Waals surface area (Å²) >= 11 is 0. The summed E-state index contributed by atoms with van der Waals surface area (Å²) in [5.41, 5.74) is 16.3. The van der Waals surface area contributed by atoms with Crippen LogP contribution in [0.3, 0.4) is 0 Å². The van der Waals surface area contributed by atoms with Gasteiger partial charge in [-0.15, -0.1) is 0 Å². The van der Waals surface area contributed by atoms with Crippen LogP contribution in [0.5, 0.6) is 0 Å². The van der Waals surface area contributed by atoms with Gasteiger partial charge in [-0.05, 0) is 43.0 Å². The molecule has 0 radical (unpaired) electrons. The van der Waals surface area contributed by atoms with Crippen LogP contribution in [0.2, 0.25) is 0 Å². The molecule has 0 unspecified atom stereocenters. The van der Waals surface area contributed by atoms with E-state index in [1.54, 1.807) is 6.20 Å². The maximum atomic E-state index is 6.38. The third-order valence-electron chi connectivity index (χ3n) is 5.94. The molecule has 0 saturated carbocycles. The molecule has 4 rings (SSSR count). The lowest BCUT2D eigenvalue weighted by Crippen LogP contribution is -2.56. The minimum atomic E-state index is 0.288. The van der Waals surface area contributed by atoms with Crippen LogP contribution in [-0.4, -0.2) is 52.9 Å². The van der Waals surface area contributed by atoms with E-state index in [2.05, 4.69) is 45.3 Å². The number of fused-ring (bicyclic) bond motifs is 1. The second-order valence-corrected chi connectivity index (χ2v) is 7.81. The number of rotatable bonds is 4. The summed E-state index contributed by atoms with van der Waals surface area (Å²) in [7, 11) is 0. The number of aryl methyl sites for hydroxylation is 1. The van der Waals surface area contributed by atoms with Crippen molar-refractivity contribution < 1.29 is 0 Å². The topological polar surface area (TPSA) is 105 Å². The van der Waals surface area contributed by atoms with Gasteiger partial charge in [0.05, 0.1) is 18.1 Å². The zero-order valence-corrected chi connectivity index (χ0v) is 16.4. The largest absolute Gasteiger partial charge is 0.387 e. The molecule has 148 valence electrons. The molecule has 7 heteroatoms. The summed E-state index contributed by atoms with van der Waals surface area (Å²) in [6.07, 6.45) is 4.01. The van der Waals surface area contributed by atoms with E-state index in [1.165, 1.54) is 17.5 Å². The second-order valence-electron chi connectivity index (χ2n) is 7.81. The molecule has 2 fully saturated rings. The number of benzene rings is 1. The zero-order valence-electron chi connectivity index (χ0n) is 16.4. The molecule has 2 atom stereocenters. The number of anilines is 1. The van der Waals surface area contributed by atoms with Crippen molar-refractivity contribution in [2.24, 2.45) is 16.6 Å². The lowest BCUT2D eigenvalue weighted by Gasteiger charge is -2.42. The molecule has 1 aromatic heterocycles. The smallest absolute Gasteiger partial charge is 0.220 e. The van der Waals surface area contributed by atoms with Gasteiger partial charge in [0, 0.05) is 49.9 Å². The van der Waals surface area contributed by atoms with Gasteiger partial charge in [0.15, 0.2) is 0 Å². The average Bonchev–Trinajstić information content (AvgIpc) is 2.72. The number of nitrogens with two attached hydrogens (primary N) is 2. The first-order valence-electron chi connectivity index (χ1n) is 10.0. The highest BCUT2D eigenvalue weighted by Crippen LogP contribution is 2.24. The van der Waals surface area contributed by atoms with Crippen molar-refractivity contribution in [1.29, 1.82) is 0 Å². The van der Waals surface area contributed by atoms with Gasteiger partial charge in [-0.25, -0.2) is 9.97 Å². The summed E-state index contributed by atoms with van der Waals surface area (Å²) in [6.45, 7) is 7.04. The van der Waals surface area contributed by atoms with E-state index in [0.717, 1.165) is 49.7 Å². The molecular formula is C21H29N7. The lowest BCUT2D eigenvalue weighted by atomic mass is 9.90. The molecular weight excluding hydrogens is 350 g/mol. The van der Waals surface area contributed by atoms with E-state index in [1.807, 2.05) is 6.07 Å². The van der Waals surface area contributed by atoms with Gasteiger partial charge < -0.3 is 16.8 Å². The first kappa shape index (κ1) is 18.8. The fraction of sp³-hybridized carbons (Fsp3) is 0.476. The van der Waals surface area contributed by atoms with Crippen molar-refractivity contribution in [2.75, 3.05) is 31.9 Å². The molecule has 2 saturated heterocycles.